The molecule has 1 fully saturated rings. The normalized spacial score (nSPS) is 20.5. The van der Waals surface area contributed by atoms with Crippen LogP contribution in [0.5, 0.6) is 0 Å². The molecule has 7 heteroatoms. The Bertz CT molecular complexity index is 558. The number of nitrogens with two attached hydrogens (primary N) is 1. The molecule has 1 aliphatic rings. The highest BCUT2D eigenvalue weighted by Gasteiger charge is 2.26. The summed E-state index contributed by atoms with van der Waals surface area (Å²) in [7, 11) is 0. The van der Waals surface area contributed by atoms with Crippen molar-refractivity contribution >= 4 is 27.3 Å². The molecule has 1 atom stereocenters. The number of piperidine rings is 1. The summed E-state index contributed by atoms with van der Waals surface area (Å²) < 4.78 is 1.79. The van der Waals surface area contributed by atoms with Crippen LogP contribution in [0.2, 0.25) is 0 Å². The number of primary amides is 1. The minimum Gasteiger partial charge on any atom is -0.369 e. The van der Waals surface area contributed by atoms with Crippen LogP contribution in [0.4, 0.5) is 5.13 Å². The Morgan fingerprint density at radius 1 is 1.61 bits per heavy atom. The lowest BCUT2D eigenvalue weighted by Gasteiger charge is -2.30. The summed E-state index contributed by atoms with van der Waals surface area (Å²) in [5, 5.41) is 5.42. The van der Waals surface area contributed by atoms with Crippen molar-refractivity contribution in [1.82, 2.24) is 14.6 Å². The maximum atomic E-state index is 11.3. The van der Waals surface area contributed by atoms with Crippen molar-refractivity contribution in [2.45, 2.75) is 19.8 Å². The number of hydrogen-bond donors (Lipinski definition) is 1. The average Bonchev–Trinajstić information content (AvgIpc) is 2.86. The Morgan fingerprint density at radius 2 is 2.44 bits per heavy atom. The Hall–Kier alpha value is -1.63. The van der Waals surface area contributed by atoms with Crippen molar-refractivity contribution in [3.63, 3.8) is 0 Å². The number of nitrogens with zero attached hydrogens (tertiary/aromatic N) is 4. The zero-order valence-electron chi connectivity index (χ0n) is 10.2. The molecule has 96 valence electrons. The first-order chi connectivity index (χ1) is 8.63. The second-order valence-electron chi connectivity index (χ2n) is 4.68. The molecule has 1 aliphatic heterocycles. The average molecular weight is 265 g/mol. The number of aromatic nitrogens is 3. The van der Waals surface area contributed by atoms with Gasteiger partial charge in [-0.2, -0.15) is 0 Å². The summed E-state index contributed by atoms with van der Waals surface area (Å²) in [5.41, 5.74) is 6.35. The highest BCUT2D eigenvalue weighted by molar-refractivity contribution is 7.20. The fourth-order valence-electron chi connectivity index (χ4n) is 2.31. The van der Waals surface area contributed by atoms with E-state index in [-0.39, 0.29) is 11.8 Å². The van der Waals surface area contributed by atoms with Crippen LogP contribution in [-0.2, 0) is 4.79 Å². The molecule has 0 radical (unpaired) electrons. The molecule has 2 aromatic rings. The molecule has 0 saturated carbocycles. The maximum absolute atomic E-state index is 11.3. The van der Waals surface area contributed by atoms with E-state index >= 15 is 0 Å². The zero-order valence-corrected chi connectivity index (χ0v) is 11.0. The molecule has 2 N–H and O–H groups in total. The van der Waals surface area contributed by atoms with E-state index in [1.807, 2.05) is 13.1 Å². The van der Waals surface area contributed by atoms with Gasteiger partial charge in [0.1, 0.15) is 0 Å². The third kappa shape index (κ3) is 1.94. The van der Waals surface area contributed by atoms with E-state index < -0.39 is 0 Å². The molecule has 0 spiro atoms. The summed E-state index contributed by atoms with van der Waals surface area (Å²) in [6.45, 7) is 3.55. The van der Waals surface area contributed by atoms with Gasteiger partial charge in [-0.1, -0.05) is 11.3 Å². The van der Waals surface area contributed by atoms with Crippen LogP contribution in [0.3, 0.4) is 0 Å². The summed E-state index contributed by atoms with van der Waals surface area (Å²) >= 11 is 1.55. The van der Waals surface area contributed by atoms with Crippen LogP contribution in [-0.4, -0.2) is 33.6 Å². The summed E-state index contributed by atoms with van der Waals surface area (Å²) in [6.07, 6.45) is 3.77. The van der Waals surface area contributed by atoms with E-state index in [4.69, 9.17) is 5.73 Å². The van der Waals surface area contributed by atoms with Gasteiger partial charge in [0.05, 0.1) is 17.8 Å². The lowest BCUT2D eigenvalue weighted by Crippen LogP contribution is -2.41. The molecule has 3 heterocycles. The molecular formula is C11H15N5OS. The molecule has 3 rings (SSSR count). The van der Waals surface area contributed by atoms with Gasteiger partial charge in [-0.05, 0) is 19.8 Å². The van der Waals surface area contributed by atoms with Crippen LogP contribution >= 0.6 is 11.3 Å². The van der Waals surface area contributed by atoms with Gasteiger partial charge >= 0.3 is 0 Å². The van der Waals surface area contributed by atoms with E-state index in [2.05, 4.69) is 15.0 Å². The van der Waals surface area contributed by atoms with E-state index in [1.54, 1.807) is 15.9 Å². The highest BCUT2D eigenvalue weighted by Crippen LogP contribution is 2.27. The van der Waals surface area contributed by atoms with Crippen LogP contribution < -0.4 is 10.6 Å². The number of anilines is 1. The quantitative estimate of drug-likeness (QED) is 0.871. The van der Waals surface area contributed by atoms with Crippen molar-refractivity contribution in [1.29, 1.82) is 0 Å². The third-order valence-electron chi connectivity index (χ3n) is 3.25. The van der Waals surface area contributed by atoms with Crippen LogP contribution in [0.1, 0.15) is 18.5 Å². The molecule has 0 bridgehead atoms. The molecule has 0 unspecified atom stereocenters. The number of carbonyl (C=O) groups excluding carboxylic acids is 1. The first-order valence-electron chi connectivity index (χ1n) is 6.00. The number of carbonyl (C=O) groups is 1. The zero-order chi connectivity index (χ0) is 12.7. The van der Waals surface area contributed by atoms with Gasteiger partial charge in [0.2, 0.25) is 16.0 Å². The topological polar surface area (TPSA) is 76.5 Å². The van der Waals surface area contributed by atoms with Crippen molar-refractivity contribution in [3.8, 4) is 0 Å². The fourth-order valence-corrected chi connectivity index (χ4v) is 3.27. The van der Waals surface area contributed by atoms with Crippen LogP contribution in [0.25, 0.3) is 4.96 Å². The van der Waals surface area contributed by atoms with E-state index in [9.17, 15) is 4.79 Å². The summed E-state index contributed by atoms with van der Waals surface area (Å²) in [6, 6.07) is 0. The largest absolute Gasteiger partial charge is 0.369 e. The smallest absolute Gasteiger partial charge is 0.222 e. The Kier molecular flexibility index (Phi) is 2.70. The summed E-state index contributed by atoms with van der Waals surface area (Å²) in [4.78, 5) is 18.7. The SMILES string of the molecule is Cc1cn2nc(N3CCC[C@@H](C(N)=O)C3)sc2n1. The van der Waals surface area contributed by atoms with Gasteiger partial charge in [-0.3, -0.25) is 4.79 Å². The molecule has 0 aliphatic carbocycles. The van der Waals surface area contributed by atoms with E-state index in [0.29, 0.717) is 6.54 Å². The van der Waals surface area contributed by atoms with E-state index in [0.717, 1.165) is 35.2 Å². The van der Waals surface area contributed by atoms with Gasteiger partial charge in [0.25, 0.3) is 0 Å². The van der Waals surface area contributed by atoms with Crippen LogP contribution in [0, 0.1) is 12.8 Å². The van der Waals surface area contributed by atoms with Gasteiger partial charge in [0.15, 0.2) is 0 Å². The fraction of sp³-hybridized carbons (Fsp3) is 0.545. The van der Waals surface area contributed by atoms with Crippen molar-refractivity contribution in [3.05, 3.63) is 11.9 Å². The monoisotopic (exact) mass is 265 g/mol. The minimum atomic E-state index is -0.211. The van der Waals surface area contributed by atoms with Crippen LogP contribution in [0.15, 0.2) is 6.20 Å². The van der Waals surface area contributed by atoms with Crippen molar-refractivity contribution in [2.24, 2.45) is 11.7 Å². The molecular weight excluding hydrogens is 250 g/mol. The van der Waals surface area contributed by atoms with Gasteiger partial charge in [0, 0.05) is 13.1 Å². The minimum absolute atomic E-state index is 0.0586. The number of rotatable bonds is 2. The lowest BCUT2D eigenvalue weighted by atomic mass is 9.98. The lowest BCUT2D eigenvalue weighted by molar-refractivity contribution is -0.122. The molecule has 1 amide bonds. The molecule has 2 aromatic heterocycles. The molecule has 18 heavy (non-hydrogen) atoms. The second-order valence-corrected chi connectivity index (χ2v) is 5.62. The number of imidazole rings is 1. The predicted octanol–water partition coefficient (Wildman–Crippen LogP) is 0.801. The van der Waals surface area contributed by atoms with Crippen molar-refractivity contribution in [2.75, 3.05) is 18.0 Å². The standard InChI is InChI=1S/C11H15N5OS/c1-7-5-16-10(13-7)18-11(14-16)15-4-2-3-8(6-15)9(12)17/h5,8H,2-4,6H2,1H3,(H2,12,17)/t8-/m1/s1. The van der Waals surface area contributed by atoms with Gasteiger partial charge < -0.3 is 10.6 Å². The maximum Gasteiger partial charge on any atom is 0.222 e. The second kappa shape index (κ2) is 4.24. The number of hydrogen-bond acceptors (Lipinski definition) is 5. The Balaban J connectivity index is 1.84. The molecule has 0 aromatic carbocycles. The first-order valence-corrected chi connectivity index (χ1v) is 6.82. The number of aryl methyl sites for hydroxylation is 1. The Labute approximate surface area is 108 Å². The van der Waals surface area contributed by atoms with Gasteiger partial charge in [-0.25, -0.2) is 9.50 Å². The highest BCUT2D eigenvalue weighted by atomic mass is 32.1. The third-order valence-corrected chi connectivity index (χ3v) is 4.23. The number of amides is 1. The number of fused-ring (bicyclic) bond motifs is 1. The first kappa shape index (κ1) is 11.5. The van der Waals surface area contributed by atoms with E-state index in [1.165, 1.54) is 0 Å². The van der Waals surface area contributed by atoms with Gasteiger partial charge in [-0.15, -0.1) is 5.10 Å². The predicted molar refractivity (Wildman–Crippen MR) is 69.7 cm³/mol. The summed E-state index contributed by atoms with van der Waals surface area (Å²) in [5.74, 6) is -0.270. The van der Waals surface area contributed by atoms with Crippen molar-refractivity contribution < 1.29 is 4.79 Å². The Morgan fingerprint density at radius 3 is 3.17 bits per heavy atom. The molecule has 6 nitrogen and oxygen atoms in total. The molecule has 1 saturated heterocycles.